The standard InChI is InChI=1S/C24H38N4O5S/c25-14-6-11-21(24(30)31)28(34(26,32)33)22(15-17-7-2-1-3-8-17)23(29)27-20-13-12-18-9-4-5-10-19(18)16-20/h4-5,9-10,17,20-22H,1-3,6-8,11-16,25H2,(H,27,29)(H,30,31)(H2,26,32,33)/t20-,21+,22?/m1/s1. The number of amides is 1. The first-order valence-electron chi connectivity index (χ1n) is 12.3. The van der Waals surface area contributed by atoms with Crippen LogP contribution in [0.25, 0.3) is 0 Å². The van der Waals surface area contributed by atoms with E-state index in [1.165, 1.54) is 5.56 Å². The Morgan fingerprint density at radius 2 is 1.76 bits per heavy atom. The number of carbonyl (C=O) groups excluding carboxylic acids is 1. The highest BCUT2D eigenvalue weighted by molar-refractivity contribution is 7.86. The molecule has 1 aromatic carbocycles. The minimum absolute atomic E-state index is 0.00643. The summed E-state index contributed by atoms with van der Waals surface area (Å²) in [6.45, 7) is 0.212. The van der Waals surface area contributed by atoms with Gasteiger partial charge in [0.15, 0.2) is 0 Å². The molecule has 0 aromatic heterocycles. The molecule has 10 heteroatoms. The van der Waals surface area contributed by atoms with Crippen LogP contribution in [0.15, 0.2) is 24.3 Å². The molecule has 1 unspecified atom stereocenters. The van der Waals surface area contributed by atoms with E-state index in [9.17, 15) is 23.1 Å². The summed E-state index contributed by atoms with van der Waals surface area (Å²) in [6.07, 6.45) is 7.70. The molecule has 3 atom stereocenters. The van der Waals surface area contributed by atoms with Gasteiger partial charge < -0.3 is 16.2 Å². The lowest BCUT2D eigenvalue weighted by molar-refractivity contribution is -0.143. The van der Waals surface area contributed by atoms with Crippen LogP contribution in [0.2, 0.25) is 0 Å². The van der Waals surface area contributed by atoms with Crippen molar-refractivity contribution in [1.29, 1.82) is 0 Å². The smallest absolute Gasteiger partial charge is 0.322 e. The summed E-state index contributed by atoms with van der Waals surface area (Å²) in [5, 5.41) is 18.5. The van der Waals surface area contributed by atoms with Crippen LogP contribution in [0.1, 0.15) is 68.9 Å². The Morgan fingerprint density at radius 3 is 2.38 bits per heavy atom. The highest BCUT2D eigenvalue weighted by atomic mass is 32.2. The Labute approximate surface area is 202 Å². The zero-order valence-electron chi connectivity index (χ0n) is 19.7. The van der Waals surface area contributed by atoms with E-state index in [-0.39, 0.29) is 31.3 Å². The Bertz CT molecular complexity index is 948. The lowest BCUT2D eigenvalue weighted by Gasteiger charge is -2.36. The molecule has 0 spiro atoms. The molecule has 1 saturated carbocycles. The number of nitrogens with zero attached hydrogens (tertiary/aromatic N) is 1. The third-order valence-electron chi connectivity index (χ3n) is 7.15. The van der Waals surface area contributed by atoms with Crippen molar-refractivity contribution in [3.63, 3.8) is 0 Å². The van der Waals surface area contributed by atoms with Crippen molar-refractivity contribution in [3.8, 4) is 0 Å². The van der Waals surface area contributed by atoms with E-state index in [1.54, 1.807) is 0 Å². The van der Waals surface area contributed by atoms with Crippen molar-refractivity contribution in [1.82, 2.24) is 9.62 Å². The van der Waals surface area contributed by atoms with E-state index in [1.807, 2.05) is 18.2 Å². The number of nitrogens with one attached hydrogen (secondary N) is 1. The summed E-state index contributed by atoms with van der Waals surface area (Å²) >= 11 is 0. The third kappa shape index (κ3) is 7.00. The average molecular weight is 495 g/mol. The molecular weight excluding hydrogens is 456 g/mol. The third-order valence-corrected chi connectivity index (χ3v) is 8.25. The summed E-state index contributed by atoms with van der Waals surface area (Å²) in [4.78, 5) is 25.7. The molecule has 1 aromatic rings. The molecule has 0 saturated heterocycles. The van der Waals surface area contributed by atoms with Gasteiger partial charge in [0.2, 0.25) is 5.91 Å². The first-order valence-corrected chi connectivity index (χ1v) is 13.8. The number of rotatable bonds is 11. The average Bonchev–Trinajstić information content (AvgIpc) is 2.80. The van der Waals surface area contributed by atoms with Gasteiger partial charge >= 0.3 is 5.97 Å². The van der Waals surface area contributed by atoms with Crippen LogP contribution in [-0.2, 0) is 32.6 Å². The molecule has 34 heavy (non-hydrogen) atoms. The number of aryl methyl sites for hydroxylation is 1. The summed E-state index contributed by atoms with van der Waals surface area (Å²) in [5.74, 6) is -1.65. The monoisotopic (exact) mass is 494 g/mol. The molecule has 0 bridgehead atoms. The Hall–Kier alpha value is -2.01. The first-order chi connectivity index (χ1) is 16.2. The fourth-order valence-corrected chi connectivity index (χ4v) is 6.51. The van der Waals surface area contributed by atoms with Crippen molar-refractivity contribution in [2.24, 2.45) is 16.8 Å². The molecule has 1 fully saturated rings. The van der Waals surface area contributed by atoms with Crippen LogP contribution in [0, 0.1) is 5.92 Å². The maximum atomic E-state index is 13.6. The van der Waals surface area contributed by atoms with Crippen LogP contribution in [0.5, 0.6) is 0 Å². The highest BCUT2D eigenvalue weighted by Crippen LogP contribution is 2.31. The Balaban J connectivity index is 1.87. The second-order valence-corrected chi connectivity index (χ2v) is 11.1. The predicted molar refractivity (Wildman–Crippen MR) is 130 cm³/mol. The van der Waals surface area contributed by atoms with Gasteiger partial charge in [-0.1, -0.05) is 56.4 Å². The molecule has 3 rings (SSSR count). The number of hydrogen-bond acceptors (Lipinski definition) is 5. The zero-order chi connectivity index (χ0) is 24.7. The zero-order valence-corrected chi connectivity index (χ0v) is 20.5. The largest absolute Gasteiger partial charge is 0.480 e. The van der Waals surface area contributed by atoms with Gasteiger partial charge in [-0.15, -0.1) is 0 Å². The van der Waals surface area contributed by atoms with E-state index in [4.69, 9.17) is 10.9 Å². The molecule has 190 valence electrons. The number of nitrogens with two attached hydrogens (primary N) is 2. The summed E-state index contributed by atoms with van der Waals surface area (Å²) in [5.41, 5.74) is 7.98. The van der Waals surface area contributed by atoms with E-state index >= 15 is 0 Å². The Morgan fingerprint density at radius 1 is 1.09 bits per heavy atom. The number of carboxylic acid groups (broad SMARTS) is 1. The lowest BCUT2D eigenvalue weighted by Crippen LogP contribution is -2.59. The fourth-order valence-electron chi connectivity index (χ4n) is 5.43. The minimum Gasteiger partial charge on any atom is -0.480 e. The SMILES string of the molecule is NCCC[C@@H](C(=O)O)N(C(CC1CCCCC1)C(=O)N[C@@H]1CCc2ccccc2C1)S(N)(=O)=O. The van der Waals surface area contributed by atoms with Gasteiger partial charge in [0.25, 0.3) is 10.2 Å². The van der Waals surface area contributed by atoms with Crippen molar-refractivity contribution in [2.45, 2.75) is 88.8 Å². The molecule has 6 N–H and O–H groups in total. The number of aliphatic carboxylic acids is 1. The quantitative estimate of drug-likeness (QED) is 0.367. The molecule has 9 nitrogen and oxygen atoms in total. The summed E-state index contributed by atoms with van der Waals surface area (Å²) in [7, 11) is -4.47. The van der Waals surface area contributed by atoms with E-state index in [2.05, 4.69) is 11.4 Å². The molecule has 0 aliphatic heterocycles. The van der Waals surface area contributed by atoms with E-state index in [0.29, 0.717) is 12.8 Å². The molecule has 0 heterocycles. The number of fused-ring (bicyclic) bond motifs is 1. The number of benzene rings is 1. The predicted octanol–water partition coefficient (Wildman–Crippen LogP) is 1.70. The van der Waals surface area contributed by atoms with Crippen molar-refractivity contribution >= 4 is 22.1 Å². The summed E-state index contributed by atoms with van der Waals surface area (Å²) < 4.78 is 26.2. The number of hydrogen-bond donors (Lipinski definition) is 4. The maximum absolute atomic E-state index is 13.6. The summed E-state index contributed by atoms with van der Waals surface area (Å²) in [6, 6.07) is 5.32. The normalized spacial score (nSPS) is 21.0. The van der Waals surface area contributed by atoms with Crippen molar-refractivity contribution in [2.75, 3.05) is 6.54 Å². The second kappa shape index (κ2) is 12.1. The van der Waals surface area contributed by atoms with Gasteiger partial charge in [-0.25, -0.2) is 5.14 Å². The van der Waals surface area contributed by atoms with Crippen LogP contribution >= 0.6 is 0 Å². The molecule has 2 aliphatic rings. The van der Waals surface area contributed by atoms with Gasteiger partial charge in [-0.3, -0.25) is 9.59 Å². The van der Waals surface area contributed by atoms with Crippen LogP contribution in [-0.4, -0.2) is 54.4 Å². The maximum Gasteiger partial charge on any atom is 0.322 e. The highest BCUT2D eigenvalue weighted by Gasteiger charge is 2.43. The van der Waals surface area contributed by atoms with E-state index < -0.39 is 34.2 Å². The van der Waals surface area contributed by atoms with Gasteiger partial charge in [0, 0.05) is 6.04 Å². The lowest BCUT2D eigenvalue weighted by atomic mass is 9.84. The van der Waals surface area contributed by atoms with Gasteiger partial charge in [-0.05, 0) is 62.1 Å². The van der Waals surface area contributed by atoms with E-state index in [0.717, 1.165) is 54.8 Å². The molecule has 0 radical (unpaired) electrons. The van der Waals surface area contributed by atoms with Crippen LogP contribution < -0.4 is 16.2 Å². The van der Waals surface area contributed by atoms with Crippen molar-refractivity contribution in [3.05, 3.63) is 35.4 Å². The van der Waals surface area contributed by atoms with Gasteiger partial charge in [0.1, 0.15) is 12.1 Å². The van der Waals surface area contributed by atoms with Crippen molar-refractivity contribution < 1.29 is 23.1 Å². The Kier molecular flexibility index (Phi) is 9.47. The second-order valence-electron chi connectivity index (χ2n) is 9.63. The molecular formula is C24H38N4O5S. The van der Waals surface area contributed by atoms with Crippen LogP contribution in [0.4, 0.5) is 0 Å². The number of carboxylic acids is 1. The molecule has 1 amide bonds. The van der Waals surface area contributed by atoms with Gasteiger partial charge in [0.05, 0.1) is 0 Å². The topological polar surface area (TPSA) is 156 Å². The van der Waals surface area contributed by atoms with Crippen LogP contribution in [0.3, 0.4) is 0 Å². The first kappa shape index (κ1) is 26.6. The number of carbonyl (C=O) groups is 2. The van der Waals surface area contributed by atoms with Gasteiger partial charge in [-0.2, -0.15) is 12.7 Å². The fraction of sp³-hybridized carbons (Fsp3) is 0.667. The molecule has 2 aliphatic carbocycles. The minimum atomic E-state index is -4.47.